The predicted molar refractivity (Wildman–Crippen MR) is 96.7 cm³/mol. The number of methoxy groups -OCH3 is 1. The Labute approximate surface area is 145 Å². The minimum atomic E-state index is -2.06. The molecule has 8 heteroatoms. The van der Waals surface area contributed by atoms with Crippen LogP contribution < -0.4 is 9.47 Å². The molecule has 0 aliphatic carbocycles. The Hall–Kier alpha value is -1.81. The SMILES string of the molecule is COc1cccc(C(=O)O[Si](C)(C)C)c1OCC(=O)O[Si](C)(C)C. The fraction of sp³-hybridized carbons (Fsp3) is 0.500. The van der Waals surface area contributed by atoms with E-state index in [-0.39, 0.29) is 17.9 Å². The maximum Gasteiger partial charge on any atom is 0.330 e. The van der Waals surface area contributed by atoms with Crippen molar-refractivity contribution in [3.8, 4) is 11.5 Å². The number of carbonyl (C=O) groups is 2. The lowest BCUT2D eigenvalue weighted by atomic mass is 10.2. The molecule has 0 saturated heterocycles. The van der Waals surface area contributed by atoms with E-state index in [0.717, 1.165) is 0 Å². The van der Waals surface area contributed by atoms with E-state index in [9.17, 15) is 9.59 Å². The molecule has 0 bridgehead atoms. The summed E-state index contributed by atoms with van der Waals surface area (Å²) in [6.07, 6.45) is 0. The van der Waals surface area contributed by atoms with Crippen LogP contribution in [-0.4, -0.2) is 42.3 Å². The average Bonchev–Trinajstić information content (AvgIpc) is 2.40. The number of ether oxygens (including phenoxy) is 2. The molecule has 24 heavy (non-hydrogen) atoms. The normalized spacial score (nSPS) is 11.6. The molecule has 0 aliphatic heterocycles. The molecule has 1 rings (SSSR count). The van der Waals surface area contributed by atoms with Gasteiger partial charge in [0.15, 0.2) is 18.1 Å². The van der Waals surface area contributed by atoms with Crippen molar-refractivity contribution in [1.82, 2.24) is 0 Å². The van der Waals surface area contributed by atoms with Crippen molar-refractivity contribution in [2.75, 3.05) is 13.7 Å². The van der Waals surface area contributed by atoms with E-state index < -0.39 is 28.6 Å². The van der Waals surface area contributed by atoms with Crippen LogP contribution in [0.4, 0.5) is 0 Å². The van der Waals surface area contributed by atoms with Gasteiger partial charge in [-0.3, -0.25) is 0 Å². The summed E-state index contributed by atoms with van der Waals surface area (Å²) < 4.78 is 21.6. The first-order valence-electron chi connectivity index (χ1n) is 7.68. The highest BCUT2D eigenvalue weighted by atomic mass is 28.4. The fourth-order valence-corrected chi connectivity index (χ4v) is 3.23. The summed E-state index contributed by atoms with van der Waals surface area (Å²) in [6, 6.07) is 4.92. The van der Waals surface area contributed by atoms with Crippen molar-refractivity contribution in [1.29, 1.82) is 0 Å². The van der Waals surface area contributed by atoms with Crippen LogP contribution in [0.2, 0.25) is 39.3 Å². The molecule has 0 aromatic heterocycles. The van der Waals surface area contributed by atoms with Gasteiger partial charge in [-0.2, -0.15) is 0 Å². The van der Waals surface area contributed by atoms with Gasteiger partial charge in [0.2, 0.25) is 16.6 Å². The van der Waals surface area contributed by atoms with Crippen LogP contribution in [-0.2, 0) is 13.6 Å². The van der Waals surface area contributed by atoms with Crippen LogP contribution in [0.3, 0.4) is 0 Å². The second-order valence-electron chi connectivity index (χ2n) is 7.21. The first kappa shape index (κ1) is 20.2. The number of carbonyl (C=O) groups excluding carboxylic acids is 2. The summed E-state index contributed by atoms with van der Waals surface area (Å²) in [5.74, 6) is -0.400. The van der Waals surface area contributed by atoms with Crippen molar-refractivity contribution in [2.24, 2.45) is 0 Å². The molecule has 0 aliphatic rings. The third-order valence-corrected chi connectivity index (χ3v) is 4.21. The third-order valence-electron chi connectivity index (χ3n) is 2.57. The molecule has 6 nitrogen and oxygen atoms in total. The minimum Gasteiger partial charge on any atom is -0.517 e. The van der Waals surface area contributed by atoms with Gasteiger partial charge in [-0.25, -0.2) is 9.59 Å². The van der Waals surface area contributed by atoms with E-state index in [4.69, 9.17) is 18.3 Å². The molecule has 134 valence electrons. The molecule has 0 saturated carbocycles. The molecular formula is C16H26O6Si2. The van der Waals surface area contributed by atoms with E-state index in [2.05, 4.69) is 0 Å². The number of hydrogen-bond acceptors (Lipinski definition) is 6. The molecule has 1 aromatic carbocycles. The maximum absolute atomic E-state index is 12.4. The van der Waals surface area contributed by atoms with Crippen LogP contribution in [0.25, 0.3) is 0 Å². The zero-order valence-corrected chi connectivity index (χ0v) is 17.4. The summed E-state index contributed by atoms with van der Waals surface area (Å²) in [4.78, 5) is 24.3. The van der Waals surface area contributed by atoms with Crippen LogP contribution in [0, 0.1) is 0 Å². The van der Waals surface area contributed by atoms with Crippen LogP contribution in [0.5, 0.6) is 11.5 Å². The Kier molecular flexibility index (Phi) is 6.61. The Morgan fingerprint density at radius 3 is 2.04 bits per heavy atom. The van der Waals surface area contributed by atoms with E-state index >= 15 is 0 Å². The molecule has 0 N–H and O–H groups in total. The number of benzene rings is 1. The molecule has 0 fully saturated rings. The van der Waals surface area contributed by atoms with Crippen molar-refractivity contribution >= 4 is 28.6 Å². The molecule has 0 unspecified atom stereocenters. The summed E-state index contributed by atoms with van der Waals surface area (Å²) in [5, 5.41) is 0. The number of rotatable bonds is 7. The van der Waals surface area contributed by atoms with E-state index in [1.165, 1.54) is 7.11 Å². The van der Waals surface area contributed by atoms with Gasteiger partial charge < -0.3 is 18.3 Å². The molecule has 0 spiro atoms. The highest BCUT2D eigenvalue weighted by Gasteiger charge is 2.26. The van der Waals surface area contributed by atoms with Crippen LogP contribution >= 0.6 is 0 Å². The average molecular weight is 371 g/mol. The van der Waals surface area contributed by atoms with Gasteiger partial charge in [-0.15, -0.1) is 0 Å². The minimum absolute atomic E-state index is 0.191. The number of para-hydroxylation sites is 1. The second-order valence-corrected chi connectivity index (χ2v) is 16.1. The zero-order chi connectivity index (χ0) is 18.5. The molecule has 0 atom stereocenters. The van der Waals surface area contributed by atoms with Gasteiger partial charge in [-0.1, -0.05) is 6.07 Å². The number of hydrogen-bond donors (Lipinski definition) is 0. The van der Waals surface area contributed by atoms with Gasteiger partial charge in [0.05, 0.1) is 7.11 Å². The van der Waals surface area contributed by atoms with E-state index in [1.54, 1.807) is 18.2 Å². The molecule has 0 amide bonds. The molecule has 1 aromatic rings. The van der Waals surface area contributed by atoms with Crippen LogP contribution in [0.1, 0.15) is 10.4 Å². The Balaban J connectivity index is 2.99. The second kappa shape index (κ2) is 7.84. The van der Waals surface area contributed by atoms with E-state index in [0.29, 0.717) is 5.75 Å². The largest absolute Gasteiger partial charge is 0.517 e. The van der Waals surface area contributed by atoms with Gasteiger partial charge in [0.25, 0.3) is 0 Å². The van der Waals surface area contributed by atoms with Gasteiger partial charge in [0, 0.05) is 0 Å². The standard InChI is InChI=1S/C16H26O6Si2/c1-19-13-10-8-9-12(16(18)22-24(5,6)7)15(13)20-11-14(17)21-23(2,3)4/h8-10H,11H2,1-7H3. The lowest BCUT2D eigenvalue weighted by Gasteiger charge is -2.21. The maximum atomic E-state index is 12.4. The van der Waals surface area contributed by atoms with Gasteiger partial charge in [0.1, 0.15) is 5.56 Å². The smallest absolute Gasteiger partial charge is 0.330 e. The Morgan fingerprint density at radius 1 is 0.958 bits per heavy atom. The van der Waals surface area contributed by atoms with Crippen molar-refractivity contribution in [3.05, 3.63) is 23.8 Å². The van der Waals surface area contributed by atoms with E-state index in [1.807, 2.05) is 39.3 Å². The molecular weight excluding hydrogens is 344 g/mol. The monoisotopic (exact) mass is 370 g/mol. The Morgan fingerprint density at radius 2 is 1.54 bits per heavy atom. The molecule has 0 radical (unpaired) electrons. The lowest BCUT2D eigenvalue weighted by molar-refractivity contribution is -0.137. The topological polar surface area (TPSA) is 71.1 Å². The van der Waals surface area contributed by atoms with Crippen molar-refractivity contribution in [3.63, 3.8) is 0 Å². The molecule has 0 heterocycles. The first-order valence-corrected chi connectivity index (χ1v) is 14.5. The van der Waals surface area contributed by atoms with Gasteiger partial charge in [-0.05, 0) is 51.4 Å². The predicted octanol–water partition coefficient (Wildman–Crippen LogP) is 3.44. The summed E-state index contributed by atoms with van der Waals surface area (Å²) in [7, 11) is -2.59. The fourth-order valence-electron chi connectivity index (χ4n) is 1.82. The Bertz CT molecular complexity index is 602. The summed E-state index contributed by atoms with van der Waals surface area (Å²) >= 11 is 0. The lowest BCUT2D eigenvalue weighted by Crippen LogP contribution is -2.32. The third kappa shape index (κ3) is 6.75. The highest BCUT2D eigenvalue weighted by molar-refractivity contribution is 6.71. The zero-order valence-electron chi connectivity index (χ0n) is 15.4. The van der Waals surface area contributed by atoms with Crippen molar-refractivity contribution in [2.45, 2.75) is 39.3 Å². The first-order chi connectivity index (χ1) is 10.9. The van der Waals surface area contributed by atoms with Crippen LogP contribution in [0.15, 0.2) is 18.2 Å². The quantitative estimate of drug-likeness (QED) is 0.685. The summed E-state index contributed by atoms with van der Waals surface area (Å²) in [5.41, 5.74) is 0.234. The summed E-state index contributed by atoms with van der Waals surface area (Å²) in [6.45, 7) is 11.2. The van der Waals surface area contributed by atoms with Gasteiger partial charge >= 0.3 is 11.9 Å². The van der Waals surface area contributed by atoms with Crippen molar-refractivity contribution < 1.29 is 27.9 Å². The highest BCUT2D eigenvalue weighted by Crippen LogP contribution is 2.32.